The zero-order chi connectivity index (χ0) is 12.5. The van der Waals surface area contributed by atoms with Crippen molar-refractivity contribution in [3.8, 4) is 0 Å². The van der Waals surface area contributed by atoms with Crippen molar-refractivity contribution in [1.29, 1.82) is 0 Å². The van der Waals surface area contributed by atoms with Gasteiger partial charge < -0.3 is 4.57 Å². The fraction of sp³-hybridized carbons (Fsp3) is 0.429. The van der Waals surface area contributed by atoms with Gasteiger partial charge in [-0.15, -0.1) is 0 Å². The van der Waals surface area contributed by atoms with Crippen molar-refractivity contribution in [3.05, 3.63) is 41.5 Å². The molecule has 0 radical (unpaired) electrons. The molecule has 0 atom stereocenters. The Kier molecular flexibility index (Phi) is 2.78. The van der Waals surface area contributed by atoms with E-state index in [9.17, 15) is 4.79 Å². The number of nitrogens with zero attached hydrogens (tertiary/aromatic N) is 3. The van der Waals surface area contributed by atoms with Crippen LogP contribution in [0.25, 0.3) is 0 Å². The number of carbonyl (C=O) groups is 1. The maximum absolute atomic E-state index is 11.8. The molecule has 0 aliphatic heterocycles. The summed E-state index contributed by atoms with van der Waals surface area (Å²) in [6.07, 6.45) is 7.54. The first kappa shape index (κ1) is 11.3. The fourth-order valence-electron chi connectivity index (χ4n) is 2.68. The molecular weight excluding hydrogens is 226 g/mol. The lowest BCUT2D eigenvalue weighted by molar-refractivity contribution is 0.0972. The molecule has 4 nitrogen and oxygen atoms in total. The van der Waals surface area contributed by atoms with Gasteiger partial charge in [0.1, 0.15) is 0 Å². The average molecular weight is 243 g/mol. The molecule has 0 saturated carbocycles. The van der Waals surface area contributed by atoms with Crippen molar-refractivity contribution in [2.24, 2.45) is 7.05 Å². The van der Waals surface area contributed by atoms with E-state index in [4.69, 9.17) is 0 Å². The van der Waals surface area contributed by atoms with Crippen molar-refractivity contribution in [1.82, 2.24) is 14.3 Å². The van der Waals surface area contributed by atoms with Gasteiger partial charge in [0.15, 0.2) is 5.78 Å². The summed E-state index contributed by atoms with van der Waals surface area (Å²) in [5, 5.41) is 4.17. The Morgan fingerprint density at radius 2 is 2.22 bits per heavy atom. The molecular formula is C14H17N3O. The van der Waals surface area contributed by atoms with E-state index in [1.165, 1.54) is 11.4 Å². The summed E-state index contributed by atoms with van der Waals surface area (Å²) in [6, 6.07) is 4.02. The molecule has 0 bridgehead atoms. The fourth-order valence-corrected chi connectivity index (χ4v) is 2.68. The Hall–Kier alpha value is -1.84. The number of fused-ring (bicyclic) bond motifs is 1. The Balaban J connectivity index is 1.78. The number of hydrogen-bond donors (Lipinski definition) is 0. The van der Waals surface area contributed by atoms with E-state index in [0.29, 0.717) is 12.2 Å². The molecule has 0 spiro atoms. The summed E-state index contributed by atoms with van der Waals surface area (Å²) in [5.74, 6) is 0.301. The highest BCUT2D eigenvalue weighted by Crippen LogP contribution is 2.22. The zero-order valence-corrected chi connectivity index (χ0v) is 10.6. The number of carbonyl (C=O) groups excluding carboxylic acids is 1. The molecule has 1 aliphatic carbocycles. The van der Waals surface area contributed by atoms with Crippen molar-refractivity contribution in [3.63, 3.8) is 0 Å². The monoisotopic (exact) mass is 243 g/mol. The maximum atomic E-state index is 11.8. The van der Waals surface area contributed by atoms with Crippen LogP contribution in [-0.4, -0.2) is 20.1 Å². The van der Waals surface area contributed by atoms with E-state index in [2.05, 4.69) is 9.67 Å². The van der Waals surface area contributed by atoms with E-state index in [1.54, 1.807) is 0 Å². The third-order valence-corrected chi connectivity index (χ3v) is 3.73. The van der Waals surface area contributed by atoms with E-state index >= 15 is 0 Å². The highest BCUT2D eigenvalue weighted by Gasteiger charge is 2.20. The van der Waals surface area contributed by atoms with Gasteiger partial charge in [0.25, 0.3) is 0 Å². The van der Waals surface area contributed by atoms with Gasteiger partial charge >= 0.3 is 0 Å². The van der Waals surface area contributed by atoms with Gasteiger partial charge in [-0.25, -0.2) is 0 Å². The van der Waals surface area contributed by atoms with E-state index in [-0.39, 0.29) is 0 Å². The summed E-state index contributed by atoms with van der Waals surface area (Å²) in [6.45, 7) is 0.919. The third kappa shape index (κ3) is 1.88. The van der Waals surface area contributed by atoms with Crippen molar-refractivity contribution in [2.45, 2.75) is 32.2 Å². The third-order valence-electron chi connectivity index (χ3n) is 3.73. The number of rotatable bonds is 3. The molecule has 0 amide bonds. The predicted octanol–water partition coefficient (Wildman–Crippen LogP) is 1.98. The molecule has 0 unspecified atom stereocenters. The van der Waals surface area contributed by atoms with Crippen LogP contribution in [0.3, 0.4) is 0 Å². The average Bonchev–Trinajstić information content (AvgIpc) is 2.94. The number of hydrogen-bond acceptors (Lipinski definition) is 2. The first-order chi connectivity index (χ1) is 8.75. The number of Topliss-reactive ketones (excluding diaryl/α,β-unsaturated/α-hetero) is 1. The van der Waals surface area contributed by atoms with Gasteiger partial charge in [-0.05, 0) is 25.0 Å². The first-order valence-corrected chi connectivity index (χ1v) is 6.44. The normalized spacial score (nSPS) is 14.8. The van der Waals surface area contributed by atoms with Gasteiger partial charge in [-0.2, -0.15) is 5.10 Å². The largest absolute Gasteiger partial charge is 0.350 e. The minimum atomic E-state index is 0.301. The molecule has 0 N–H and O–H groups in total. The molecule has 18 heavy (non-hydrogen) atoms. The quantitative estimate of drug-likeness (QED) is 0.827. The molecule has 2 aromatic heterocycles. The molecule has 0 saturated heterocycles. The second kappa shape index (κ2) is 4.44. The topological polar surface area (TPSA) is 39.8 Å². The highest BCUT2D eigenvalue weighted by molar-refractivity contribution is 5.98. The predicted molar refractivity (Wildman–Crippen MR) is 68.6 cm³/mol. The van der Waals surface area contributed by atoms with Gasteiger partial charge in [-0.1, -0.05) is 0 Å². The van der Waals surface area contributed by atoms with Crippen LogP contribution < -0.4 is 0 Å². The number of aryl methyl sites for hydroxylation is 3. The Morgan fingerprint density at radius 3 is 3.00 bits per heavy atom. The minimum absolute atomic E-state index is 0.301. The Labute approximate surface area is 106 Å². The highest BCUT2D eigenvalue weighted by atomic mass is 16.1. The second-order valence-electron chi connectivity index (χ2n) is 4.84. The van der Waals surface area contributed by atoms with E-state index in [0.717, 1.165) is 31.4 Å². The van der Waals surface area contributed by atoms with Gasteiger partial charge in [0, 0.05) is 55.8 Å². The minimum Gasteiger partial charge on any atom is -0.350 e. The summed E-state index contributed by atoms with van der Waals surface area (Å²) < 4.78 is 4.13. The molecule has 2 heterocycles. The summed E-state index contributed by atoms with van der Waals surface area (Å²) in [7, 11) is 1.96. The van der Waals surface area contributed by atoms with E-state index in [1.807, 2.05) is 36.3 Å². The van der Waals surface area contributed by atoms with Crippen LogP contribution in [0.15, 0.2) is 24.5 Å². The van der Waals surface area contributed by atoms with Crippen LogP contribution in [-0.2, 0) is 26.4 Å². The lowest BCUT2D eigenvalue weighted by Gasteiger charge is -2.14. The van der Waals surface area contributed by atoms with Crippen molar-refractivity contribution in [2.75, 3.05) is 0 Å². The van der Waals surface area contributed by atoms with E-state index < -0.39 is 0 Å². The lowest BCUT2D eigenvalue weighted by atomic mass is 9.97. The Bertz CT molecular complexity index is 580. The van der Waals surface area contributed by atoms with Gasteiger partial charge in [0.2, 0.25) is 0 Å². The summed E-state index contributed by atoms with van der Waals surface area (Å²) in [5.41, 5.74) is 3.37. The standard InChI is InChI=1S/C14H17N3O/c1-16-11(5-8-15-16)6-9-17-10-7-12-13(17)3-2-4-14(12)18/h5,7-8,10H,2-4,6,9H2,1H3. The van der Waals surface area contributed by atoms with Crippen molar-refractivity contribution >= 4 is 5.78 Å². The van der Waals surface area contributed by atoms with Crippen LogP contribution >= 0.6 is 0 Å². The maximum Gasteiger partial charge on any atom is 0.164 e. The molecule has 4 heteroatoms. The molecule has 3 rings (SSSR count). The molecule has 94 valence electrons. The molecule has 1 aliphatic rings. The zero-order valence-electron chi connectivity index (χ0n) is 10.6. The lowest BCUT2D eigenvalue weighted by Crippen LogP contribution is -2.14. The van der Waals surface area contributed by atoms with Crippen LogP contribution in [0, 0.1) is 0 Å². The molecule has 0 aromatic carbocycles. The summed E-state index contributed by atoms with van der Waals surface area (Å²) in [4.78, 5) is 11.8. The van der Waals surface area contributed by atoms with Crippen LogP contribution in [0.2, 0.25) is 0 Å². The van der Waals surface area contributed by atoms with Gasteiger partial charge in [0.05, 0.1) is 0 Å². The second-order valence-corrected chi connectivity index (χ2v) is 4.84. The number of aromatic nitrogens is 3. The Morgan fingerprint density at radius 1 is 1.33 bits per heavy atom. The number of ketones is 1. The summed E-state index contributed by atoms with van der Waals surface area (Å²) >= 11 is 0. The van der Waals surface area contributed by atoms with Crippen LogP contribution in [0.4, 0.5) is 0 Å². The smallest absolute Gasteiger partial charge is 0.164 e. The molecule has 0 fully saturated rings. The SMILES string of the molecule is Cn1nccc1CCn1ccc2c1CCCC2=O. The van der Waals surface area contributed by atoms with Gasteiger partial charge in [-0.3, -0.25) is 9.48 Å². The molecule has 2 aromatic rings. The van der Waals surface area contributed by atoms with Crippen molar-refractivity contribution < 1.29 is 4.79 Å². The van der Waals surface area contributed by atoms with Crippen LogP contribution in [0.5, 0.6) is 0 Å². The van der Waals surface area contributed by atoms with Crippen LogP contribution in [0.1, 0.15) is 34.6 Å². The first-order valence-electron chi connectivity index (χ1n) is 6.44.